The van der Waals surface area contributed by atoms with Gasteiger partial charge in [0, 0.05) is 22.0 Å². The Hall–Kier alpha value is -2.33. The third-order valence-corrected chi connectivity index (χ3v) is 3.67. The molecule has 0 aliphatic carbocycles. The molecule has 0 heterocycles. The number of amides is 1. The standard InChI is InChI=1S/C17H17ClN2O2/c1-11-15(18)7-4-8-16(11)19-10-17(22)20-14-6-3-5-13(9-14)12(2)21/h3-9,19H,10H2,1-2H3,(H,20,22). The molecule has 0 saturated carbocycles. The minimum absolute atomic E-state index is 0.0382. The third kappa shape index (κ3) is 4.09. The van der Waals surface area contributed by atoms with Crippen molar-refractivity contribution in [2.45, 2.75) is 13.8 Å². The Balaban J connectivity index is 1.97. The zero-order valence-electron chi connectivity index (χ0n) is 12.4. The van der Waals surface area contributed by atoms with E-state index in [1.165, 1.54) is 6.92 Å². The first-order chi connectivity index (χ1) is 10.5. The van der Waals surface area contributed by atoms with E-state index in [4.69, 9.17) is 11.6 Å². The van der Waals surface area contributed by atoms with Crippen molar-refractivity contribution < 1.29 is 9.59 Å². The molecular formula is C17H17ClN2O2. The van der Waals surface area contributed by atoms with E-state index in [-0.39, 0.29) is 18.2 Å². The van der Waals surface area contributed by atoms with Gasteiger partial charge in [-0.3, -0.25) is 9.59 Å². The molecule has 0 unspecified atom stereocenters. The van der Waals surface area contributed by atoms with E-state index in [1.807, 2.05) is 19.1 Å². The normalized spacial score (nSPS) is 10.1. The summed E-state index contributed by atoms with van der Waals surface area (Å²) < 4.78 is 0. The predicted molar refractivity (Wildman–Crippen MR) is 89.8 cm³/mol. The topological polar surface area (TPSA) is 58.2 Å². The second kappa shape index (κ2) is 7.09. The Morgan fingerprint density at radius 2 is 1.86 bits per heavy atom. The monoisotopic (exact) mass is 316 g/mol. The van der Waals surface area contributed by atoms with E-state index in [1.54, 1.807) is 30.3 Å². The molecule has 0 saturated heterocycles. The van der Waals surface area contributed by atoms with Crippen LogP contribution in [0.1, 0.15) is 22.8 Å². The van der Waals surface area contributed by atoms with Gasteiger partial charge in [-0.25, -0.2) is 0 Å². The third-order valence-electron chi connectivity index (χ3n) is 3.26. The molecular weight excluding hydrogens is 300 g/mol. The van der Waals surface area contributed by atoms with Crippen molar-refractivity contribution in [3.63, 3.8) is 0 Å². The van der Waals surface area contributed by atoms with Crippen LogP contribution in [0.3, 0.4) is 0 Å². The zero-order chi connectivity index (χ0) is 16.1. The highest BCUT2D eigenvalue weighted by molar-refractivity contribution is 6.31. The lowest BCUT2D eigenvalue weighted by Crippen LogP contribution is -2.22. The van der Waals surface area contributed by atoms with Gasteiger partial charge in [-0.05, 0) is 43.7 Å². The average Bonchev–Trinajstić information content (AvgIpc) is 2.49. The first-order valence-electron chi connectivity index (χ1n) is 6.87. The van der Waals surface area contributed by atoms with E-state index in [0.29, 0.717) is 16.3 Å². The summed E-state index contributed by atoms with van der Waals surface area (Å²) in [6, 6.07) is 12.3. The van der Waals surface area contributed by atoms with Crippen LogP contribution in [0, 0.1) is 6.92 Å². The Morgan fingerprint density at radius 1 is 1.14 bits per heavy atom. The molecule has 4 nitrogen and oxygen atoms in total. The lowest BCUT2D eigenvalue weighted by atomic mass is 10.1. The van der Waals surface area contributed by atoms with Crippen LogP contribution in [0.15, 0.2) is 42.5 Å². The number of nitrogens with one attached hydrogen (secondary N) is 2. The molecule has 2 aromatic carbocycles. The number of carbonyl (C=O) groups excluding carboxylic acids is 2. The summed E-state index contributed by atoms with van der Waals surface area (Å²) in [4.78, 5) is 23.3. The lowest BCUT2D eigenvalue weighted by Gasteiger charge is -2.11. The SMILES string of the molecule is CC(=O)c1cccc(NC(=O)CNc2cccc(Cl)c2C)c1. The smallest absolute Gasteiger partial charge is 0.243 e. The largest absolute Gasteiger partial charge is 0.376 e. The summed E-state index contributed by atoms with van der Waals surface area (Å²) >= 11 is 6.03. The van der Waals surface area contributed by atoms with Crippen molar-refractivity contribution in [2.24, 2.45) is 0 Å². The predicted octanol–water partition coefficient (Wildman–Crippen LogP) is 3.90. The molecule has 0 radical (unpaired) electrons. The molecule has 0 spiro atoms. The van der Waals surface area contributed by atoms with Crippen molar-refractivity contribution in [1.82, 2.24) is 0 Å². The highest BCUT2D eigenvalue weighted by Gasteiger charge is 2.06. The maximum atomic E-state index is 12.0. The minimum atomic E-state index is -0.194. The second-order valence-electron chi connectivity index (χ2n) is 4.95. The first kappa shape index (κ1) is 16.0. The first-order valence-corrected chi connectivity index (χ1v) is 7.25. The highest BCUT2D eigenvalue weighted by Crippen LogP contribution is 2.22. The van der Waals surface area contributed by atoms with E-state index in [0.717, 1.165) is 11.3 Å². The summed E-state index contributed by atoms with van der Waals surface area (Å²) in [5.74, 6) is -0.233. The Kier molecular flexibility index (Phi) is 5.17. The van der Waals surface area contributed by atoms with Crippen molar-refractivity contribution in [1.29, 1.82) is 0 Å². The summed E-state index contributed by atoms with van der Waals surface area (Å²) in [5.41, 5.74) is 2.88. The van der Waals surface area contributed by atoms with Gasteiger partial charge in [0.1, 0.15) is 0 Å². The zero-order valence-corrected chi connectivity index (χ0v) is 13.2. The molecule has 0 aliphatic rings. The van der Waals surface area contributed by atoms with Gasteiger partial charge in [0.05, 0.1) is 6.54 Å². The average molecular weight is 317 g/mol. The number of hydrogen-bond acceptors (Lipinski definition) is 3. The number of rotatable bonds is 5. The molecule has 5 heteroatoms. The summed E-state index contributed by atoms with van der Waals surface area (Å²) in [6.07, 6.45) is 0. The summed E-state index contributed by atoms with van der Waals surface area (Å²) in [7, 11) is 0. The van der Waals surface area contributed by atoms with Gasteiger partial charge in [0.25, 0.3) is 0 Å². The molecule has 0 fully saturated rings. The van der Waals surface area contributed by atoms with Crippen LogP contribution in [-0.2, 0) is 4.79 Å². The second-order valence-corrected chi connectivity index (χ2v) is 5.36. The number of benzene rings is 2. The summed E-state index contributed by atoms with van der Waals surface area (Å²) in [5, 5.41) is 6.45. The Morgan fingerprint density at radius 3 is 2.59 bits per heavy atom. The minimum Gasteiger partial charge on any atom is -0.376 e. The quantitative estimate of drug-likeness (QED) is 0.822. The number of hydrogen-bond donors (Lipinski definition) is 2. The van der Waals surface area contributed by atoms with Gasteiger partial charge >= 0.3 is 0 Å². The molecule has 22 heavy (non-hydrogen) atoms. The van der Waals surface area contributed by atoms with E-state index in [2.05, 4.69) is 10.6 Å². The molecule has 0 atom stereocenters. The van der Waals surface area contributed by atoms with Gasteiger partial charge in [0.2, 0.25) is 5.91 Å². The van der Waals surface area contributed by atoms with Crippen LogP contribution in [0.4, 0.5) is 11.4 Å². The maximum Gasteiger partial charge on any atom is 0.243 e. The van der Waals surface area contributed by atoms with E-state index < -0.39 is 0 Å². The van der Waals surface area contributed by atoms with Crippen LogP contribution >= 0.6 is 11.6 Å². The van der Waals surface area contributed by atoms with Crippen LogP contribution < -0.4 is 10.6 Å². The maximum absolute atomic E-state index is 12.0. The summed E-state index contributed by atoms with van der Waals surface area (Å²) in [6.45, 7) is 3.49. The van der Waals surface area contributed by atoms with Crippen molar-refractivity contribution in [2.75, 3.05) is 17.2 Å². The molecule has 0 bridgehead atoms. The van der Waals surface area contributed by atoms with Gasteiger partial charge in [-0.2, -0.15) is 0 Å². The molecule has 114 valence electrons. The highest BCUT2D eigenvalue weighted by atomic mass is 35.5. The molecule has 1 amide bonds. The molecule has 0 aliphatic heterocycles. The van der Waals surface area contributed by atoms with Gasteiger partial charge < -0.3 is 10.6 Å². The van der Waals surface area contributed by atoms with Gasteiger partial charge in [0.15, 0.2) is 5.78 Å². The lowest BCUT2D eigenvalue weighted by molar-refractivity contribution is -0.114. The van der Waals surface area contributed by atoms with Crippen LogP contribution in [0.2, 0.25) is 5.02 Å². The van der Waals surface area contributed by atoms with E-state index in [9.17, 15) is 9.59 Å². The number of anilines is 2. The van der Waals surface area contributed by atoms with Gasteiger partial charge in [-0.15, -0.1) is 0 Å². The van der Waals surface area contributed by atoms with Crippen molar-refractivity contribution >= 4 is 34.7 Å². The number of halogens is 1. The number of carbonyl (C=O) groups is 2. The molecule has 2 N–H and O–H groups in total. The van der Waals surface area contributed by atoms with Crippen LogP contribution in [-0.4, -0.2) is 18.2 Å². The fourth-order valence-corrected chi connectivity index (χ4v) is 2.17. The van der Waals surface area contributed by atoms with Crippen molar-refractivity contribution in [3.05, 3.63) is 58.6 Å². The van der Waals surface area contributed by atoms with E-state index >= 15 is 0 Å². The molecule has 0 aromatic heterocycles. The van der Waals surface area contributed by atoms with Crippen LogP contribution in [0.5, 0.6) is 0 Å². The van der Waals surface area contributed by atoms with Crippen molar-refractivity contribution in [3.8, 4) is 0 Å². The fraction of sp³-hybridized carbons (Fsp3) is 0.176. The Labute approximate surface area is 134 Å². The molecule has 2 aromatic rings. The van der Waals surface area contributed by atoms with Gasteiger partial charge in [-0.1, -0.05) is 29.8 Å². The number of Topliss-reactive ketones (excluding diaryl/α,β-unsaturated/α-hetero) is 1. The Bertz CT molecular complexity index is 714. The fourth-order valence-electron chi connectivity index (χ4n) is 2.00. The molecule has 2 rings (SSSR count). The number of ketones is 1. The van der Waals surface area contributed by atoms with Crippen LogP contribution in [0.25, 0.3) is 0 Å².